The molecule has 0 unspecified atom stereocenters. The Morgan fingerprint density at radius 1 is 0.865 bits per heavy atom. The summed E-state index contributed by atoms with van der Waals surface area (Å²) in [6.45, 7) is 4.46. The van der Waals surface area contributed by atoms with Crippen LogP contribution in [0.1, 0.15) is 52.7 Å². The van der Waals surface area contributed by atoms with Gasteiger partial charge in [0.25, 0.3) is 0 Å². The number of amides is 2. The number of fused-ring (bicyclic) bond motifs is 1. The zero-order valence-electron chi connectivity index (χ0n) is 30.0. The summed E-state index contributed by atoms with van der Waals surface area (Å²) in [4.78, 5) is 27.8. The Morgan fingerprint density at radius 3 is 2.19 bits per heavy atom. The lowest BCUT2D eigenvalue weighted by molar-refractivity contribution is -0.276. The SMILES string of the molecule is COC(=O)[C@H](Cc1ccccc1)NC(=O)Nc1ccc([C@@H]2O[C@H](CN3CCc4cc(OC)c(OC)cc4C3)[C@H](C)[C@H](c3ccc(CO)cc3)O2)cc1. The molecular weight excluding hydrogens is 662 g/mol. The Morgan fingerprint density at radius 2 is 1.54 bits per heavy atom. The van der Waals surface area contributed by atoms with E-state index in [4.69, 9.17) is 23.7 Å². The first-order valence-electron chi connectivity index (χ1n) is 17.5. The number of urea groups is 1. The van der Waals surface area contributed by atoms with Crippen molar-refractivity contribution in [3.8, 4) is 11.5 Å². The summed E-state index contributed by atoms with van der Waals surface area (Å²) in [5.41, 5.74) is 6.56. The third-order valence-corrected chi connectivity index (χ3v) is 9.87. The fraction of sp³-hybridized carbons (Fsp3) is 0.366. The Labute approximate surface area is 304 Å². The molecule has 1 fully saturated rings. The van der Waals surface area contributed by atoms with E-state index in [2.05, 4.69) is 34.6 Å². The molecule has 274 valence electrons. The monoisotopic (exact) mass is 709 g/mol. The lowest BCUT2D eigenvalue weighted by atomic mass is 9.89. The zero-order valence-corrected chi connectivity index (χ0v) is 30.0. The molecule has 11 heteroatoms. The minimum atomic E-state index is -0.851. The predicted octanol–water partition coefficient (Wildman–Crippen LogP) is 5.95. The first-order chi connectivity index (χ1) is 25.3. The van der Waals surface area contributed by atoms with Crippen molar-refractivity contribution in [1.82, 2.24) is 10.2 Å². The Bertz CT molecular complexity index is 1800. The molecule has 5 atom stereocenters. The zero-order chi connectivity index (χ0) is 36.6. The highest BCUT2D eigenvalue weighted by molar-refractivity contribution is 5.92. The molecule has 3 N–H and O–H groups in total. The number of rotatable bonds is 12. The molecule has 0 spiro atoms. The van der Waals surface area contributed by atoms with Gasteiger partial charge in [0.05, 0.1) is 40.1 Å². The highest BCUT2D eigenvalue weighted by Gasteiger charge is 2.39. The average Bonchev–Trinajstić information content (AvgIpc) is 3.18. The van der Waals surface area contributed by atoms with Gasteiger partial charge in [-0.15, -0.1) is 0 Å². The van der Waals surface area contributed by atoms with Crippen LogP contribution < -0.4 is 20.1 Å². The smallest absolute Gasteiger partial charge is 0.328 e. The highest BCUT2D eigenvalue weighted by Crippen LogP contribution is 2.42. The van der Waals surface area contributed by atoms with E-state index in [9.17, 15) is 14.7 Å². The minimum absolute atomic E-state index is 0.0197. The molecule has 4 aromatic rings. The number of carbonyl (C=O) groups excluding carboxylic acids is 2. The molecule has 4 aromatic carbocycles. The van der Waals surface area contributed by atoms with Gasteiger partial charge in [0.2, 0.25) is 0 Å². The molecule has 2 aliphatic heterocycles. The first kappa shape index (κ1) is 36.8. The molecule has 0 saturated carbocycles. The van der Waals surface area contributed by atoms with Crippen LogP contribution in [0.2, 0.25) is 0 Å². The summed E-state index contributed by atoms with van der Waals surface area (Å²) in [5, 5.41) is 15.2. The van der Waals surface area contributed by atoms with Crippen molar-refractivity contribution in [2.45, 2.75) is 57.5 Å². The van der Waals surface area contributed by atoms with Gasteiger partial charge in [-0.3, -0.25) is 4.90 Å². The van der Waals surface area contributed by atoms with Crippen molar-refractivity contribution >= 4 is 17.7 Å². The molecule has 52 heavy (non-hydrogen) atoms. The van der Waals surface area contributed by atoms with E-state index in [0.29, 0.717) is 18.7 Å². The number of hydrogen-bond donors (Lipinski definition) is 3. The number of esters is 1. The van der Waals surface area contributed by atoms with Gasteiger partial charge in [-0.25, -0.2) is 9.59 Å². The van der Waals surface area contributed by atoms with Gasteiger partial charge in [0.15, 0.2) is 17.8 Å². The summed E-state index contributed by atoms with van der Waals surface area (Å²) < 4.78 is 29.4. The van der Waals surface area contributed by atoms with Crippen molar-refractivity contribution in [2.75, 3.05) is 39.7 Å². The Kier molecular flexibility index (Phi) is 12.1. The Hall–Kier alpha value is -4.94. The maximum atomic E-state index is 13.0. The van der Waals surface area contributed by atoms with Crippen LogP contribution in [-0.2, 0) is 45.0 Å². The molecule has 0 bridgehead atoms. The molecule has 6 rings (SSSR count). The quantitative estimate of drug-likeness (QED) is 0.153. The predicted molar refractivity (Wildman–Crippen MR) is 196 cm³/mol. The third-order valence-electron chi connectivity index (χ3n) is 9.87. The van der Waals surface area contributed by atoms with Crippen LogP contribution in [0, 0.1) is 5.92 Å². The summed E-state index contributed by atoms with van der Waals surface area (Å²) >= 11 is 0. The number of nitrogens with zero attached hydrogens (tertiary/aromatic N) is 1. The fourth-order valence-electron chi connectivity index (χ4n) is 6.91. The van der Waals surface area contributed by atoms with Crippen LogP contribution in [0.15, 0.2) is 91.0 Å². The van der Waals surface area contributed by atoms with Crippen molar-refractivity contribution in [3.63, 3.8) is 0 Å². The maximum Gasteiger partial charge on any atom is 0.328 e. The highest BCUT2D eigenvalue weighted by atomic mass is 16.7. The van der Waals surface area contributed by atoms with Crippen molar-refractivity contribution in [1.29, 1.82) is 0 Å². The molecule has 2 amide bonds. The summed E-state index contributed by atoms with van der Waals surface area (Å²) in [6.07, 6.45) is 0.0970. The largest absolute Gasteiger partial charge is 0.493 e. The van der Waals surface area contributed by atoms with Crippen molar-refractivity contribution in [2.24, 2.45) is 5.92 Å². The van der Waals surface area contributed by atoms with E-state index in [0.717, 1.165) is 53.3 Å². The molecule has 1 saturated heterocycles. The van der Waals surface area contributed by atoms with Gasteiger partial charge < -0.3 is 39.4 Å². The van der Waals surface area contributed by atoms with Gasteiger partial charge in [0.1, 0.15) is 6.04 Å². The van der Waals surface area contributed by atoms with Crippen LogP contribution in [0.5, 0.6) is 11.5 Å². The normalized spacial score (nSPS) is 20.6. The third kappa shape index (κ3) is 8.74. The molecule has 11 nitrogen and oxygen atoms in total. The first-order valence-corrected chi connectivity index (χ1v) is 17.5. The number of hydrogen-bond acceptors (Lipinski definition) is 9. The lowest BCUT2D eigenvalue weighted by Crippen LogP contribution is -2.45. The molecule has 0 aliphatic carbocycles. The Balaban J connectivity index is 1.16. The molecule has 0 radical (unpaired) electrons. The second-order valence-corrected chi connectivity index (χ2v) is 13.3. The van der Waals surface area contributed by atoms with Crippen molar-refractivity contribution in [3.05, 3.63) is 124 Å². The van der Waals surface area contributed by atoms with E-state index in [1.165, 1.54) is 18.2 Å². The van der Waals surface area contributed by atoms with E-state index in [-0.39, 0.29) is 24.7 Å². The summed E-state index contributed by atoms with van der Waals surface area (Å²) in [5.74, 6) is 0.950. The van der Waals surface area contributed by atoms with Crippen LogP contribution in [0.3, 0.4) is 0 Å². The van der Waals surface area contributed by atoms with Gasteiger partial charge in [0, 0.05) is 43.2 Å². The standard InChI is InChI=1S/C41H47N3O8/c1-26-37(24-44-19-18-31-21-35(48-2)36(49-3)22-32(31)23-44)51-40(52-38(26)29-12-10-28(25-45)11-13-29)30-14-16-33(17-15-30)42-41(47)43-34(39(46)50-4)20-27-8-6-5-7-9-27/h5-17,21-22,26,34,37-38,40,45H,18-20,23-25H2,1-4H3,(H2,42,43,47)/t26-,34-,37+,38+,40+/m0/s1. The fourth-order valence-corrected chi connectivity index (χ4v) is 6.91. The maximum absolute atomic E-state index is 13.0. The van der Waals surface area contributed by atoms with E-state index in [1.807, 2.05) is 66.7 Å². The van der Waals surface area contributed by atoms with E-state index >= 15 is 0 Å². The molecule has 2 aliphatic rings. The number of ether oxygens (including phenoxy) is 5. The van der Waals surface area contributed by atoms with E-state index in [1.54, 1.807) is 26.4 Å². The number of nitrogens with one attached hydrogen (secondary N) is 2. The van der Waals surface area contributed by atoms with Crippen molar-refractivity contribution < 1.29 is 38.4 Å². The van der Waals surface area contributed by atoms with Crippen LogP contribution in [-0.4, -0.2) is 68.6 Å². The second-order valence-electron chi connectivity index (χ2n) is 13.3. The van der Waals surface area contributed by atoms with Crippen LogP contribution in [0.4, 0.5) is 10.5 Å². The number of anilines is 1. The van der Waals surface area contributed by atoms with Gasteiger partial charge in [-0.05, 0) is 58.5 Å². The molecule has 2 heterocycles. The van der Waals surface area contributed by atoms with Crippen LogP contribution >= 0.6 is 0 Å². The molecule has 0 aromatic heterocycles. The number of benzene rings is 4. The number of aliphatic hydroxyl groups excluding tert-OH is 1. The molecular formula is C41H47N3O8. The number of carbonyl (C=O) groups is 2. The van der Waals surface area contributed by atoms with Gasteiger partial charge >= 0.3 is 12.0 Å². The number of methoxy groups -OCH3 is 3. The lowest BCUT2D eigenvalue weighted by Gasteiger charge is -2.43. The summed E-state index contributed by atoms with van der Waals surface area (Å²) in [6, 6.07) is 27.4. The number of aliphatic hydroxyl groups is 1. The minimum Gasteiger partial charge on any atom is -0.493 e. The van der Waals surface area contributed by atoms with E-state index < -0.39 is 24.3 Å². The summed E-state index contributed by atoms with van der Waals surface area (Å²) in [7, 11) is 4.61. The van der Waals surface area contributed by atoms with Crippen LogP contribution in [0.25, 0.3) is 0 Å². The van der Waals surface area contributed by atoms with Gasteiger partial charge in [-0.1, -0.05) is 73.7 Å². The topological polar surface area (TPSA) is 128 Å². The second kappa shape index (κ2) is 17.1. The average molecular weight is 710 g/mol. The van der Waals surface area contributed by atoms with Gasteiger partial charge in [-0.2, -0.15) is 0 Å².